The summed E-state index contributed by atoms with van der Waals surface area (Å²) in [7, 11) is 0. The molecule has 92 valence electrons. The lowest BCUT2D eigenvalue weighted by Gasteiger charge is -2.34. The summed E-state index contributed by atoms with van der Waals surface area (Å²) in [5, 5.41) is 0. The predicted molar refractivity (Wildman–Crippen MR) is 74.0 cm³/mol. The van der Waals surface area contributed by atoms with Gasteiger partial charge in [0, 0.05) is 5.88 Å². The van der Waals surface area contributed by atoms with Crippen LogP contribution in [0.2, 0.25) is 0 Å². The predicted octanol–water partition coefficient (Wildman–Crippen LogP) is 5.48. The Morgan fingerprint density at radius 3 is 2.69 bits per heavy atom. The molecule has 0 amide bonds. The molecule has 1 rings (SSSR count). The third-order valence-electron chi connectivity index (χ3n) is 3.88. The second-order valence-electron chi connectivity index (χ2n) is 5.70. The van der Waals surface area contributed by atoms with E-state index in [0.29, 0.717) is 11.3 Å². The quantitative estimate of drug-likeness (QED) is 0.451. The molecule has 0 spiro atoms. The van der Waals surface area contributed by atoms with E-state index >= 15 is 0 Å². The van der Waals surface area contributed by atoms with Crippen molar-refractivity contribution in [3.05, 3.63) is 22.8 Å². The number of allylic oxidation sites excluding steroid dienone is 4. The number of rotatable bonds is 4. The van der Waals surface area contributed by atoms with Crippen LogP contribution >= 0.6 is 11.6 Å². The highest BCUT2D eigenvalue weighted by atomic mass is 35.5. The average molecular weight is 241 g/mol. The standard InChI is InChI=1S/C15H25Cl/c1-12(9-11-16)7-8-14-13(2)6-5-10-15(14,3)4/h9H,5-8,10-11H2,1-4H3. The zero-order valence-corrected chi connectivity index (χ0v) is 12.0. The molecule has 1 aliphatic rings. The van der Waals surface area contributed by atoms with Crippen molar-refractivity contribution in [2.45, 2.75) is 59.8 Å². The minimum absolute atomic E-state index is 0.420. The van der Waals surface area contributed by atoms with Crippen LogP contribution in [0.3, 0.4) is 0 Å². The number of halogens is 1. The molecular formula is C15H25Cl. The monoisotopic (exact) mass is 240 g/mol. The lowest BCUT2D eigenvalue weighted by molar-refractivity contribution is 0.354. The first-order valence-electron chi connectivity index (χ1n) is 6.38. The highest BCUT2D eigenvalue weighted by molar-refractivity contribution is 6.18. The molecule has 0 aromatic carbocycles. The van der Waals surface area contributed by atoms with Crippen molar-refractivity contribution in [3.8, 4) is 0 Å². The second-order valence-corrected chi connectivity index (χ2v) is 6.01. The van der Waals surface area contributed by atoms with Crippen molar-refractivity contribution in [1.29, 1.82) is 0 Å². The molecule has 0 atom stereocenters. The molecule has 0 saturated heterocycles. The first kappa shape index (κ1) is 13.8. The maximum atomic E-state index is 5.71. The summed E-state index contributed by atoms with van der Waals surface area (Å²) in [5.74, 6) is 0.646. The van der Waals surface area contributed by atoms with Gasteiger partial charge in [0.2, 0.25) is 0 Å². The van der Waals surface area contributed by atoms with Crippen LogP contribution in [0.25, 0.3) is 0 Å². The van der Waals surface area contributed by atoms with Gasteiger partial charge < -0.3 is 0 Å². The smallest absolute Gasteiger partial charge is 0.0406 e. The number of hydrogen-bond acceptors (Lipinski definition) is 0. The molecule has 0 radical (unpaired) electrons. The van der Waals surface area contributed by atoms with Crippen LogP contribution in [-0.4, -0.2) is 5.88 Å². The van der Waals surface area contributed by atoms with Crippen LogP contribution in [0.4, 0.5) is 0 Å². The van der Waals surface area contributed by atoms with Crippen LogP contribution in [0.5, 0.6) is 0 Å². The molecule has 0 aromatic heterocycles. The van der Waals surface area contributed by atoms with Gasteiger partial charge >= 0.3 is 0 Å². The summed E-state index contributed by atoms with van der Waals surface area (Å²) in [6.07, 6.45) is 8.53. The van der Waals surface area contributed by atoms with E-state index in [1.165, 1.54) is 37.7 Å². The highest BCUT2D eigenvalue weighted by Gasteiger charge is 2.27. The summed E-state index contributed by atoms with van der Waals surface area (Å²) >= 11 is 5.71. The Kier molecular flexibility index (Phi) is 5.11. The molecular weight excluding hydrogens is 216 g/mol. The van der Waals surface area contributed by atoms with Crippen molar-refractivity contribution >= 4 is 11.6 Å². The van der Waals surface area contributed by atoms with Gasteiger partial charge in [0.25, 0.3) is 0 Å². The van der Waals surface area contributed by atoms with Gasteiger partial charge in [-0.2, -0.15) is 0 Å². The fourth-order valence-corrected chi connectivity index (χ4v) is 3.05. The topological polar surface area (TPSA) is 0 Å². The Hall–Kier alpha value is -0.230. The maximum absolute atomic E-state index is 5.71. The summed E-state index contributed by atoms with van der Waals surface area (Å²) in [6, 6.07) is 0. The van der Waals surface area contributed by atoms with Gasteiger partial charge in [0.15, 0.2) is 0 Å². The first-order chi connectivity index (χ1) is 7.47. The second kappa shape index (κ2) is 5.91. The molecule has 0 unspecified atom stereocenters. The van der Waals surface area contributed by atoms with E-state index in [1.807, 2.05) is 0 Å². The molecule has 0 N–H and O–H groups in total. The van der Waals surface area contributed by atoms with E-state index in [-0.39, 0.29) is 0 Å². The number of alkyl halides is 1. The van der Waals surface area contributed by atoms with Crippen LogP contribution in [0.15, 0.2) is 22.8 Å². The largest absolute Gasteiger partial charge is 0.122 e. The minimum atomic E-state index is 0.420. The Morgan fingerprint density at radius 1 is 1.44 bits per heavy atom. The van der Waals surface area contributed by atoms with Crippen molar-refractivity contribution < 1.29 is 0 Å². The third kappa shape index (κ3) is 3.66. The first-order valence-corrected chi connectivity index (χ1v) is 6.91. The molecule has 0 aromatic rings. The van der Waals surface area contributed by atoms with Crippen LogP contribution < -0.4 is 0 Å². The van der Waals surface area contributed by atoms with Crippen molar-refractivity contribution in [3.63, 3.8) is 0 Å². The van der Waals surface area contributed by atoms with Gasteiger partial charge in [-0.15, -0.1) is 11.6 Å². The van der Waals surface area contributed by atoms with Gasteiger partial charge in [0.05, 0.1) is 0 Å². The maximum Gasteiger partial charge on any atom is 0.0406 e. The lowest BCUT2D eigenvalue weighted by atomic mass is 9.71. The van der Waals surface area contributed by atoms with Gasteiger partial charge in [-0.1, -0.05) is 36.6 Å². The van der Waals surface area contributed by atoms with E-state index < -0.39 is 0 Å². The minimum Gasteiger partial charge on any atom is -0.122 e. The molecule has 0 aliphatic heterocycles. The van der Waals surface area contributed by atoms with Gasteiger partial charge in [-0.05, 0) is 51.4 Å². The lowest BCUT2D eigenvalue weighted by Crippen LogP contribution is -2.20. The summed E-state index contributed by atoms with van der Waals surface area (Å²) in [4.78, 5) is 0. The molecule has 1 heteroatoms. The molecule has 0 bridgehead atoms. The molecule has 0 saturated carbocycles. The zero-order valence-electron chi connectivity index (χ0n) is 11.2. The molecule has 1 aliphatic carbocycles. The SMILES string of the molecule is CC(=CCCl)CCC1=C(C)CCCC1(C)C. The zero-order chi connectivity index (χ0) is 12.2. The van der Waals surface area contributed by atoms with Crippen LogP contribution in [-0.2, 0) is 0 Å². The Labute approximate surface area is 106 Å². The van der Waals surface area contributed by atoms with E-state index in [9.17, 15) is 0 Å². The summed E-state index contributed by atoms with van der Waals surface area (Å²) in [6.45, 7) is 9.29. The number of hydrogen-bond donors (Lipinski definition) is 0. The normalized spacial score (nSPS) is 21.4. The van der Waals surface area contributed by atoms with E-state index in [2.05, 4.69) is 33.8 Å². The van der Waals surface area contributed by atoms with Crippen molar-refractivity contribution in [1.82, 2.24) is 0 Å². The van der Waals surface area contributed by atoms with Crippen molar-refractivity contribution in [2.75, 3.05) is 5.88 Å². The van der Waals surface area contributed by atoms with Gasteiger partial charge in [-0.25, -0.2) is 0 Å². The Bertz CT molecular complexity index is 295. The summed E-state index contributed by atoms with van der Waals surface area (Å²) in [5.41, 5.74) is 5.18. The highest BCUT2D eigenvalue weighted by Crippen LogP contribution is 2.42. The third-order valence-corrected chi connectivity index (χ3v) is 4.03. The molecule has 0 nitrogen and oxygen atoms in total. The van der Waals surface area contributed by atoms with Crippen LogP contribution in [0.1, 0.15) is 59.8 Å². The van der Waals surface area contributed by atoms with Gasteiger partial charge in [-0.3, -0.25) is 0 Å². The van der Waals surface area contributed by atoms with Crippen LogP contribution in [0, 0.1) is 5.41 Å². The molecule has 0 heterocycles. The Balaban J connectivity index is 2.67. The molecule has 16 heavy (non-hydrogen) atoms. The average Bonchev–Trinajstić information content (AvgIpc) is 2.16. The van der Waals surface area contributed by atoms with E-state index in [0.717, 1.165) is 0 Å². The molecule has 0 fully saturated rings. The van der Waals surface area contributed by atoms with E-state index in [1.54, 1.807) is 11.1 Å². The summed E-state index contributed by atoms with van der Waals surface area (Å²) < 4.78 is 0. The van der Waals surface area contributed by atoms with Crippen molar-refractivity contribution in [2.24, 2.45) is 5.41 Å². The Morgan fingerprint density at radius 2 is 2.12 bits per heavy atom. The van der Waals surface area contributed by atoms with Gasteiger partial charge in [0.1, 0.15) is 0 Å². The van der Waals surface area contributed by atoms with E-state index in [4.69, 9.17) is 11.6 Å². The fourth-order valence-electron chi connectivity index (χ4n) is 2.78. The fraction of sp³-hybridized carbons (Fsp3) is 0.733.